The molecule has 1 heterocycles. The van der Waals surface area contributed by atoms with Gasteiger partial charge in [-0.2, -0.15) is 0 Å². The lowest BCUT2D eigenvalue weighted by atomic mass is 9.95. The molecule has 0 spiro atoms. The molecule has 0 radical (unpaired) electrons. The van der Waals surface area contributed by atoms with Crippen molar-refractivity contribution in [2.75, 3.05) is 19.7 Å². The van der Waals surface area contributed by atoms with E-state index >= 15 is 0 Å². The molecule has 2 fully saturated rings. The highest BCUT2D eigenvalue weighted by Crippen LogP contribution is 2.27. The maximum absolute atomic E-state index is 11.7. The van der Waals surface area contributed by atoms with Crippen LogP contribution in [-0.2, 0) is 9.53 Å². The van der Waals surface area contributed by atoms with Crippen molar-refractivity contribution in [3.05, 3.63) is 0 Å². The Morgan fingerprint density at radius 1 is 1.50 bits per heavy atom. The number of hydrogen-bond donors (Lipinski definition) is 2. The highest BCUT2D eigenvalue weighted by Gasteiger charge is 2.38. The van der Waals surface area contributed by atoms with Gasteiger partial charge in [0.1, 0.15) is 0 Å². The molecule has 4 nitrogen and oxygen atoms in total. The molecule has 1 saturated carbocycles. The van der Waals surface area contributed by atoms with Gasteiger partial charge in [-0.05, 0) is 45.6 Å². The Kier molecular flexibility index (Phi) is 3.50. The Hall–Kier alpha value is -0.610. The molecule has 92 valence electrons. The van der Waals surface area contributed by atoms with Gasteiger partial charge in [-0.25, -0.2) is 0 Å². The third-order valence-electron chi connectivity index (χ3n) is 3.73. The normalized spacial score (nSPS) is 34.0. The van der Waals surface area contributed by atoms with E-state index in [1.54, 1.807) is 0 Å². The molecule has 1 aliphatic carbocycles. The largest absolute Gasteiger partial charge is 0.376 e. The van der Waals surface area contributed by atoms with Gasteiger partial charge in [0.15, 0.2) is 0 Å². The number of ether oxygens (including phenoxy) is 1. The predicted octanol–water partition coefficient (Wildman–Crippen LogP) is 0.670. The first-order valence-corrected chi connectivity index (χ1v) is 6.23. The van der Waals surface area contributed by atoms with Gasteiger partial charge in [-0.15, -0.1) is 0 Å². The van der Waals surface area contributed by atoms with E-state index in [1.165, 1.54) is 12.8 Å². The molecule has 1 saturated heterocycles. The third-order valence-corrected chi connectivity index (χ3v) is 3.73. The predicted molar refractivity (Wildman–Crippen MR) is 62.2 cm³/mol. The topological polar surface area (TPSA) is 50.4 Å². The molecule has 1 aliphatic heterocycles. The lowest BCUT2D eigenvalue weighted by Crippen LogP contribution is -2.52. The van der Waals surface area contributed by atoms with Crippen molar-refractivity contribution >= 4 is 5.91 Å². The monoisotopic (exact) mass is 226 g/mol. The van der Waals surface area contributed by atoms with Crippen molar-refractivity contribution in [3.8, 4) is 0 Å². The Morgan fingerprint density at radius 3 is 2.81 bits per heavy atom. The van der Waals surface area contributed by atoms with Gasteiger partial charge in [0.25, 0.3) is 0 Å². The zero-order chi connectivity index (χ0) is 11.6. The number of carbonyl (C=O) groups excluding carboxylic acids is 1. The zero-order valence-corrected chi connectivity index (χ0v) is 10.2. The number of rotatable bonds is 5. The third kappa shape index (κ3) is 2.95. The summed E-state index contributed by atoms with van der Waals surface area (Å²) < 4.78 is 5.49. The first kappa shape index (κ1) is 11.9. The number of carbonyl (C=O) groups is 1. The number of amides is 1. The quantitative estimate of drug-likeness (QED) is 0.724. The molecule has 4 heteroatoms. The summed E-state index contributed by atoms with van der Waals surface area (Å²) >= 11 is 0. The van der Waals surface area contributed by atoms with E-state index in [-0.39, 0.29) is 17.6 Å². The fraction of sp³-hybridized carbons (Fsp3) is 0.917. The van der Waals surface area contributed by atoms with Gasteiger partial charge in [-0.3, -0.25) is 4.79 Å². The van der Waals surface area contributed by atoms with Gasteiger partial charge in [0.2, 0.25) is 5.91 Å². The average Bonchev–Trinajstić information content (AvgIpc) is 2.96. The zero-order valence-electron chi connectivity index (χ0n) is 10.2. The summed E-state index contributed by atoms with van der Waals surface area (Å²) in [7, 11) is 0. The minimum atomic E-state index is -0.182. The van der Waals surface area contributed by atoms with Gasteiger partial charge < -0.3 is 15.4 Å². The molecular formula is C12H22N2O2. The molecule has 0 aromatic heterocycles. The minimum absolute atomic E-state index is 0.0838. The van der Waals surface area contributed by atoms with E-state index in [0.29, 0.717) is 6.54 Å². The van der Waals surface area contributed by atoms with Gasteiger partial charge in [-0.1, -0.05) is 0 Å². The van der Waals surface area contributed by atoms with Crippen molar-refractivity contribution in [1.82, 2.24) is 10.6 Å². The summed E-state index contributed by atoms with van der Waals surface area (Å²) in [6, 6.07) is 0. The van der Waals surface area contributed by atoms with Crippen LogP contribution in [0, 0.1) is 5.92 Å². The summed E-state index contributed by atoms with van der Waals surface area (Å²) in [5.41, 5.74) is -0.182. The molecule has 2 rings (SSSR count). The van der Waals surface area contributed by atoms with Crippen LogP contribution in [0.5, 0.6) is 0 Å². The first-order chi connectivity index (χ1) is 7.60. The lowest BCUT2D eigenvalue weighted by molar-refractivity contribution is -0.122. The first-order valence-electron chi connectivity index (χ1n) is 6.23. The molecule has 2 atom stereocenters. The van der Waals surface area contributed by atoms with Gasteiger partial charge >= 0.3 is 0 Å². The smallest absolute Gasteiger partial charge is 0.234 e. The van der Waals surface area contributed by atoms with Crippen LogP contribution in [-0.4, -0.2) is 37.2 Å². The molecule has 2 N–H and O–H groups in total. The van der Waals surface area contributed by atoms with Crippen molar-refractivity contribution < 1.29 is 9.53 Å². The van der Waals surface area contributed by atoms with Crippen LogP contribution in [0.2, 0.25) is 0 Å². The van der Waals surface area contributed by atoms with E-state index in [4.69, 9.17) is 4.74 Å². The Bertz CT molecular complexity index is 266. The van der Waals surface area contributed by atoms with E-state index in [9.17, 15) is 4.79 Å². The maximum atomic E-state index is 11.7. The lowest BCUT2D eigenvalue weighted by Gasteiger charge is -2.28. The van der Waals surface area contributed by atoms with Crippen molar-refractivity contribution in [2.24, 2.45) is 5.92 Å². The Morgan fingerprint density at radius 2 is 2.25 bits per heavy atom. The second kappa shape index (κ2) is 4.72. The van der Waals surface area contributed by atoms with Crippen molar-refractivity contribution in [1.29, 1.82) is 0 Å². The average molecular weight is 226 g/mol. The summed E-state index contributed by atoms with van der Waals surface area (Å²) in [6.45, 7) is 6.23. The molecule has 16 heavy (non-hydrogen) atoms. The van der Waals surface area contributed by atoms with Crippen molar-refractivity contribution in [3.63, 3.8) is 0 Å². The van der Waals surface area contributed by atoms with E-state index in [2.05, 4.69) is 17.6 Å². The molecule has 2 aliphatic rings. The molecule has 0 bridgehead atoms. The fourth-order valence-electron chi connectivity index (χ4n) is 2.07. The maximum Gasteiger partial charge on any atom is 0.234 e. The van der Waals surface area contributed by atoms with Gasteiger partial charge in [0.05, 0.1) is 18.2 Å². The van der Waals surface area contributed by atoms with E-state index in [0.717, 1.165) is 25.5 Å². The standard InChI is InChI=1S/C12H22N2O2/c1-9-12(2,5-6-16-9)14-11(15)8-13-7-10-3-4-10/h9-10,13H,3-8H2,1-2H3,(H,14,15). The highest BCUT2D eigenvalue weighted by molar-refractivity contribution is 5.78. The van der Waals surface area contributed by atoms with Crippen LogP contribution in [0.4, 0.5) is 0 Å². The van der Waals surface area contributed by atoms with Crippen LogP contribution >= 0.6 is 0 Å². The van der Waals surface area contributed by atoms with Gasteiger partial charge in [0, 0.05) is 6.61 Å². The van der Waals surface area contributed by atoms with Crippen LogP contribution in [0.25, 0.3) is 0 Å². The Labute approximate surface area is 97.1 Å². The molecular weight excluding hydrogens is 204 g/mol. The second-order valence-electron chi connectivity index (χ2n) is 5.30. The number of hydrogen-bond acceptors (Lipinski definition) is 3. The van der Waals surface area contributed by atoms with Crippen LogP contribution in [0.1, 0.15) is 33.1 Å². The molecule has 0 aromatic rings. The van der Waals surface area contributed by atoms with E-state index < -0.39 is 0 Å². The summed E-state index contributed by atoms with van der Waals surface area (Å²) in [4.78, 5) is 11.7. The van der Waals surface area contributed by atoms with Crippen LogP contribution < -0.4 is 10.6 Å². The summed E-state index contributed by atoms with van der Waals surface area (Å²) in [6.07, 6.45) is 3.65. The van der Waals surface area contributed by atoms with Crippen LogP contribution in [0.3, 0.4) is 0 Å². The molecule has 0 aromatic carbocycles. The number of nitrogens with one attached hydrogen (secondary N) is 2. The minimum Gasteiger partial charge on any atom is -0.376 e. The van der Waals surface area contributed by atoms with Crippen molar-refractivity contribution in [2.45, 2.75) is 44.8 Å². The second-order valence-corrected chi connectivity index (χ2v) is 5.30. The Balaban J connectivity index is 1.68. The van der Waals surface area contributed by atoms with Crippen LogP contribution in [0.15, 0.2) is 0 Å². The SMILES string of the molecule is CC1OCCC1(C)NC(=O)CNCC1CC1. The summed E-state index contributed by atoms with van der Waals surface area (Å²) in [5, 5.41) is 6.27. The summed E-state index contributed by atoms with van der Waals surface area (Å²) in [5.74, 6) is 0.901. The fourth-order valence-corrected chi connectivity index (χ4v) is 2.07. The molecule has 1 amide bonds. The highest BCUT2D eigenvalue weighted by atomic mass is 16.5. The van der Waals surface area contributed by atoms with E-state index in [1.807, 2.05) is 6.92 Å². The molecule has 2 unspecified atom stereocenters.